The smallest absolute Gasteiger partial charge is 0.262 e. The second kappa shape index (κ2) is 8.05. The number of methoxy groups -OCH3 is 1. The molecule has 2 amide bonds. The van der Waals surface area contributed by atoms with Gasteiger partial charge in [0.1, 0.15) is 11.6 Å². The van der Waals surface area contributed by atoms with Gasteiger partial charge in [-0.15, -0.1) is 5.10 Å². The largest absolute Gasteiger partial charge is 0.479 e. The highest BCUT2D eigenvalue weighted by atomic mass is 16.5. The number of ether oxygens (including phenoxy) is 1. The molecule has 0 aliphatic heterocycles. The third-order valence-corrected chi connectivity index (χ3v) is 3.93. The molecule has 8 heteroatoms. The van der Waals surface area contributed by atoms with Crippen LogP contribution in [0.3, 0.4) is 0 Å². The summed E-state index contributed by atoms with van der Waals surface area (Å²) in [6.45, 7) is 0. The van der Waals surface area contributed by atoms with E-state index in [1.54, 1.807) is 61.8 Å². The maximum atomic E-state index is 12.4. The zero-order chi connectivity index (χ0) is 20.1. The maximum absolute atomic E-state index is 12.4. The monoisotopic (exact) mass is 375 g/mol. The first-order chi connectivity index (χ1) is 13.5. The first-order valence-electron chi connectivity index (χ1n) is 8.31. The second-order valence-electron chi connectivity index (χ2n) is 5.87. The number of benzene rings is 2. The molecule has 0 bridgehead atoms. The second-order valence-corrected chi connectivity index (χ2v) is 5.87. The summed E-state index contributed by atoms with van der Waals surface area (Å²) in [5.41, 5.74) is 2.04. The molecule has 0 saturated carbocycles. The summed E-state index contributed by atoms with van der Waals surface area (Å²) in [5, 5.41) is 18.6. The first-order valence-corrected chi connectivity index (χ1v) is 8.31. The summed E-state index contributed by atoms with van der Waals surface area (Å²) in [6.07, 6.45) is 1.56. The van der Waals surface area contributed by atoms with Crippen LogP contribution in [0.1, 0.15) is 26.3 Å². The van der Waals surface area contributed by atoms with Crippen molar-refractivity contribution in [1.29, 1.82) is 5.26 Å². The van der Waals surface area contributed by atoms with Crippen molar-refractivity contribution in [2.45, 2.75) is 0 Å². The predicted molar refractivity (Wildman–Crippen MR) is 103 cm³/mol. The van der Waals surface area contributed by atoms with Gasteiger partial charge >= 0.3 is 0 Å². The van der Waals surface area contributed by atoms with Crippen molar-refractivity contribution < 1.29 is 14.3 Å². The number of aryl methyl sites for hydroxylation is 1. The standard InChI is InChI=1S/C20H17N5O3/c1-25-12-16(20(24-25)28-2)19(27)22-15-9-7-13(8-10-15)18(26)23-17-6-4-3-5-14(17)11-21/h3-10,12H,1-2H3,(H,22,27)(H,23,26). The number of nitriles is 1. The fourth-order valence-corrected chi connectivity index (χ4v) is 2.56. The van der Waals surface area contributed by atoms with Crippen molar-refractivity contribution in [1.82, 2.24) is 9.78 Å². The van der Waals surface area contributed by atoms with Gasteiger partial charge in [0.2, 0.25) is 5.88 Å². The topological polar surface area (TPSA) is 109 Å². The number of nitrogens with zero attached hydrogens (tertiary/aromatic N) is 3. The molecule has 3 aromatic rings. The normalized spacial score (nSPS) is 10.0. The minimum Gasteiger partial charge on any atom is -0.479 e. The molecular formula is C20H17N5O3. The van der Waals surface area contributed by atoms with Crippen LogP contribution in [0.2, 0.25) is 0 Å². The molecule has 0 unspecified atom stereocenters. The van der Waals surface area contributed by atoms with Crippen LogP contribution in [-0.2, 0) is 7.05 Å². The number of amides is 2. The van der Waals surface area contributed by atoms with Crippen molar-refractivity contribution in [3.8, 4) is 11.9 Å². The lowest BCUT2D eigenvalue weighted by Gasteiger charge is -2.08. The van der Waals surface area contributed by atoms with E-state index in [2.05, 4.69) is 15.7 Å². The van der Waals surface area contributed by atoms with Crippen LogP contribution in [0.15, 0.2) is 54.7 Å². The molecule has 8 nitrogen and oxygen atoms in total. The van der Waals surface area contributed by atoms with Gasteiger partial charge in [-0.05, 0) is 36.4 Å². The summed E-state index contributed by atoms with van der Waals surface area (Å²) in [5.74, 6) is -0.494. The van der Waals surface area contributed by atoms with Crippen LogP contribution in [-0.4, -0.2) is 28.7 Å². The minimum atomic E-state index is -0.370. The summed E-state index contributed by atoms with van der Waals surface area (Å²) in [7, 11) is 3.13. The molecule has 2 N–H and O–H groups in total. The van der Waals surface area contributed by atoms with Crippen LogP contribution in [0.4, 0.5) is 11.4 Å². The fraction of sp³-hybridized carbons (Fsp3) is 0.100. The summed E-state index contributed by atoms with van der Waals surface area (Å²) in [6, 6.07) is 15.2. The molecule has 0 saturated heterocycles. The van der Waals surface area contributed by atoms with E-state index in [1.165, 1.54) is 11.8 Å². The lowest BCUT2D eigenvalue weighted by molar-refractivity contribution is 0.101. The number of nitrogens with one attached hydrogen (secondary N) is 2. The van der Waals surface area contributed by atoms with Crippen molar-refractivity contribution in [3.05, 3.63) is 71.4 Å². The molecule has 140 valence electrons. The number of carbonyl (C=O) groups excluding carboxylic acids is 2. The number of rotatable bonds is 5. The Balaban J connectivity index is 1.70. The third-order valence-electron chi connectivity index (χ3n) is 3.93. The Bertz CT molecular complexity index is 1060. The molecule has 1 aromatic heterocycles. The van der Waals surface area contributed by atoms with Crippen molar-refractivity contribution >= 4 is 23.2 Å². The highest BCUT2D eigenvalue weighted by Gasteiger charge is 2.16. The van der Waals surface area contributed by atoms with Gasteiger partial charge in [-0.1, -0.05) is 12.1 Å². The minimum absolute atomic E-state index is 0.229. The van der Waals surface area contributed by atoms with E-state index in [-0.39, 0.29) is 17.7 Å². The molecule has 2 aromatic carbocycles. The first kappa shape index (κ1) is 18.7. The average molecular weight is 375 g/mol. The Kier molecular flexibility index (Phi) is 5.37. The third kappa shape index (κ3) is 3.99. The number of aromatic nitrogens is 2. The molecule has 0 spiro atoms. The Morgan fingerprint density at radius 3 is 2.46 bits per heavy atom. The molecule has 0 atom stereocenters. The number of carbonyl (C=O) groups is 2. The average Bonchev–Trinajstić information content (AvgIpc) is 3.10. The van der Waals surface area contributed by atoms with Gasteiger partial charge in [0.15, 0.2) is 0 Å². The molecule has 0 aliphatic carbocycles. The highest BCUT2D eigenvalue weighted by Crippen LogP contribution is 2.19. The highest BCUT2D eigenvalue weighted by molar-refractivity contribution is 6.07. The van der Waals surface area contributed by atoms with Crippen LogP contribution in [0.5, 0.6) is 5.88 Å². The van der Waals surface area contributed by atoms with Crippen LogP contribution < -0.4 is 15.4 Å². The molecule has 0 fully saturated rings. The molecular weight excluding hydrogens is 358 g/mol. The van der Waals surface area contributed by atoms with Gasteiger partial charge < -0.3 is 15.4 Å². The predicted octanol–water partition coefficient (Wildman–Crippen LogP) is 2.80. The van der Waals surface area contributed by atoms with Crippen molar-refractivity contribution in [3.63, 3.8) is 0 Å². The molecule has 1 heterocycles. The Labute approximate surface area is 161 Å². The van der Waals surface area contributed by atoms with Gasteiger partial charge in [-0.25, -0.2) is 0 Å². The van der Waals surface area contributed by atoms with Gasteiger partial charge in [-0.2, -0.15) is 5.26 Å². The summed E-state index contributed by atoms with van der Waals surface area (Å²) >= 11 is 0. The van der Waals surface area contributed by atoms with Crippen molar-refractivity contribution in [2.24, 2.45) is 7.05 Å². The van der Waals surface area contributed by atoms with E-state index in [0.717, 1.165) is 0 Å². The Hall–Kier alpha value is -4.12. The number of anilines is 2. The van der Waals surface area contributed by atoms with Gasteiger partial charge in [-0.3, -0.25) is 14.3 Å². The SMILES string of the molecule is COc1nn(C)cc1C(=O)Nc1ccc(C(=O)Nc2ccccc2C#N)cc1. The number of hydrogen-bond donors (Lipinski definition) is 2. The molecule has 3 rings (SSSR count). The quantitative estimate of drug-likeness (QED) is 0.713. The van der Waals surface area contributed by atoms with Gasteiger partial charge in [0.05, 0.1) is 18.4 Å². The van der Waals surface area contributed by atoms with Crippen LogP contribution in [0.25, 0.3) is 0 Å². The van der Waals surface area contributed by atoms with E-state index >= 15 is 0 Å². The van der Waals surface area contributed by atoms with Crippen LogP contribution >= 0.6 is 0 Å². The van der Waals surface area contributed by atoms with Gasteiger partial charge in [0.25, 0.3) is 11.8 Å². The molecule has 0 radical (unpaired) electrons. The van der Waals surface area contributed by atoms with E-state index in [9.17, 15) is 9.59 Å². The molecule has 28 heavy (non-hydrogen) atoms. The lowest BCUT2D eigenvalue weighted by atomic mass is 10.1. The van der Waals surface area contributed by atoms with E-state index in [1.807, 2.05) is 6.07 Å². The molecule has 0 aliphatic rings. The number of para-hydroxylation sites is 1. The van der Waals surface area contributed by atoms with E-state index < -0.39 is 0 Å². The Morgan fingerprint density at radius 2 is 1.79 bits per heavy atom. The summed E-state index contributed by atoms with van der Waals surface area (Å²) < 4.78 is 6.57. The van der Waals surface area contributed by atoms with E-state index in [4.69, 9.17) is 10.00 Å². The van der Waals surface area contributed by atoms with Gasteiger partial charge in [0, 0.05) is 24.5 Å². The zero-order valence-corrected chi connectivity index (χ0v) is 15.3. The Morgan fingerprint density at radius 1 is 1.07 bits per heavy atom. The number of hydrogen-bond acceptors (Lipinski definition) is 5. The van der Waals surface area contributed by atoms with E-state index in [0.29, 0.717) is 28.1 Å². The maximum Gasteiger partial charge on any atom is 0.262 e. The lowest BCUT2D eigenvalue weighted by Crippen LogP contribution is -2.14. The van der Waals surface area contributed by atoms with Crippen LogP contribution in [0, 0.1) is 11.3 Å². The fourth-order valence-electron chi connectivity index (χ4n) is 2.56. The van der Waals surface area contributed by atoms with Crippen molar-refractivity contribution in [2.75, 3.05) is 17.7 Å². The summed E-state index contributed by atoms with van der Waals surface area (Å²) in [4.78, 5) is 24.8. The zero-order valence-electron chi connectivity index (χ0n) is 15.3.